The molecule has 0 aromatic carbocycles. The second-order valence-corrected chi connectivity index (χ2v) is 8.20. The van der Waals surface area contributed by atoms with Crippen molar-refractivity contribution in [3.63, 3.8) is 0 Å². The molecule has 28 heavy (non-hydrogen) atoms. The summed E-state index contributed by atoms with van der Waals surface area (Å²) in [6.07, 6.45) is 5.36. The van der Waals surface area contributed by atoms with Gasteiger partial charge < -0.3 is 21.3 Å². The molecule has 1 aromatic heterocycles. The molecule has 0 radical (unpaired) electrons. The minimum absolute atomic E-state index is 0.282. The van der Waals surface area contributed by atoms with Crippen molar-refractivity contribution in [1.29, 1.82) is 0 Å². The van der Waals surface area contributed by atoms with Crippen LogP contribution in [0, 0.1) is 6.92 Å². The number of aryl methyl sites for hydroxylation is 1. The van der Waals surface area contributed by atoms with Crippen molar-refractivity contribution in [2.45, 2.75) is 51.9 Å². The Labute approximate surface area is 176 Å². The molecule has 6 N–H and O–H groups in total. The van der Waals surface area contributed by atoms with Crippen LogP contribution >= 0.6 is 23.2 Å². The Hall–Kier alpha value is -1.54. The first-order valence-electron chi connectivity index (χ1n) is 9.88. The number of nitrogens with zero attached hydrogens (tertiary/aromatic N) is 3. The molecule has 154 valence electrons. The van der Waals surface area contributed by atoms with Gasteiger partial charge in [-0.15, -0.1) is 0 Å². The lowest BCUT2D eigenvalue weighted by Crippen LogP contribution is -2.71. The Morgan fingerprint density at radius 3 is 2.64 bits per heavy atom. The summed E-state index contributed by atoms with van der Waals surface area (Å²) in [7, 11) is 0. The van der Waals surface area contributed by atoms with E-state index in [4.69, 9.17) is 23.2 Å². The number of halogens is 2. The SMILES string of the molecule is CCN1CCC(Nc2cc(C)nc(NC([NH3+])NC3=CC(Cl)=C(Cl)CC3)n2)CC1. The number of aromatic nitrogens is 2. The second kappa shape index (κ2) is 9.78. The monoisotopic (exact) mass is 426 g/mol. The fourth-order valence-electron chi connectivity index (χ4n) is 3.51. The fourth-order valence-corrected chi connectivity index (χ4v) is 3.88. The van der Waals surface area contributed by atoms with Gasteiger partial charge in [0, 0.05) is 41.6 Å². The van der Waals surface area contributed by atoms with E-state index in [1.54, 1.807) is 0 Å². The van der Waals surface area contributed by atoms with Crippen LogP contribution in [0.2, 0.25) is 0 Å². The van der Waals surface area contributed by atoms with Gasteiger partial charge >= 0.3 is 0 Å². The van der Waals surface area contributed by atoms with Crippen molar-refractivity contribution in [1.82, 2.24) is 20.2 Å². The summed E-state index contributed by atoms with van der Waals surface area (Å²) in [5, 5.41) is 11.4. The van der Waals surface area contributed by atoms with Crippen LogP contribution in [0.15, 0.2) is 27.9 Å². The number of piperidine rings is 1. The number of hydrogen-bond donors (Lipinski definition) is 4. The maximum Gasteiger partial charge on any atom is 0.238 e. The summed E-state index contributed by atoms with van der Waals surface area (Å²) in [4.78, 5) is 11.6. The zero-order valence-electron chi connectivity index (χ0n) is 16.6. The zero-order chi connectivity index (χ0) is 20.1. The van der Waals surface area contributed by atoms with Gasteiger partial charge in [-0.3, -0.25) is 5.32 Å². The molecule has 1 aliphatic carbocycles. The van der Waals surface area contributed by atoms with E-state index in [0.717, 1.165) is 62.5 Å². The van der Waals surface area contributed by atoms with Crippen molar-refractivity contribution in [2.75, 3.05) is 30.3 Å². The Morgan fingerprint density at radius 2 is 1.96 bits per heavy atom. The van der Waals surface area contributed by atoms with Crippen LogP contribution < -0.4 is 21.7 Å². The molecule has 1 atom stereocenters. The number of nitrogens with one attached hydrogen (secondary N) is 3. The molecule has 9 heteroatoms. The Bertz CT molecular complexity index is 742. The molecule has 0 bridgehead atoms. The number of allylic oxidation sites excluding steroid dienone is 4. The molecule has 1 unspecified atom stereocenters. The van der Waals surface area contributed by atoms with Crippen LogP contribution in [-0.2, 0) is 0 Å². The van der Waals surface area contributed by atoms with E-state index in [2.05, 4.69) is 43.5 Å². The number of anilines is 2. The summed E-state index contributed by atoms with van der Waals surface area (Å²) in [5.74, 6) is 1.41. The average Bonchev–Trinajstić information content (AvgIpc) is 2.65. The summed E-state index contributed by atoms with van der Waals surface area (Å²) >= 11 is 12.2. The normalized spacial score (nSPS) is 20.0. The van der Waals surface area contributed by atoms with Gasteiger partial charge in [-0.1, -0.05) is 30.1 Å². The van der Waals surface area contributed by atoms with Gasteiger partial charge in [-0.2, -0.15) is 4.98 Å². The molecule has 0 spiro atoms. The lowest BCUT2D eigenvalue weighted by molar-refractivity contribution is -0.417. The highest BCUT2D eigenvalue weighted by Crippen LogP contribution is 2.27. The third kappa shape index (κ3) is 5.98. The van der Waals surface area contributed by atoms with E-state index < -0.39 is 0 Å². The molecule has 2 heterocycles. The van der Waals surface area contributed by atoms with Gasteiger partial charge in [0.05, 0.1) is 5.03 Å². The van der Waals surface area contributed by atoms with Gasteiger partial charge in [0.2, 0.25) is 12.2 Å². The smallest absolute Gasteiger partial charge is 0.238 e. The number of likely N-dealkylation sites (tertiary alicyclic amines) is 1. The molecular formula is C19H30Cl2N7+. The zero-order valence-corrected chi connectivity index (χ0v) is 18.1. The molecule has 1 saturated heterocycles. The van der Waals surface area contributed by atoms with E-state index in [1.807, 2.05) is 19.1 Å². The third-order valence-corrected chi connectivity index (χ3v) is 5.90. The summed E-state index contributed by atoms with van der Waals surface area (Å²) < 4.78 is 0. The minimum Gasteiger partial charge on any atom is -0.367 e. The maximum absolute atomic E-state index is 6.11. The summed E-state index contributed by atoms with van der Waals surface area (Å²) in [6.45, 7) is 7.56. The first-order valence-corrected chi connectivity index (χ1v) is 10.6. The minimum atomic E-state index is -0.282. The van der Waals surface area contributed by atoms with Crippen LogP contribution in [0.4, 0.5) is 11.8 Å². The Balaban J connectivity index is 1.58. The van der Waals surface area contributed by atoms with Crippen molar-refractivity contribution in [3.05, 3.63) is 33.6 Å². The van der Waals surface area contributed by atoms with Crippen LogP contribution in [0.1, 0.15) is 38.3 Å². The molecule has 2 aliphatic rings. The topological polar surface area (TPSA) is 92.8 Å². The van der Waals surface area contributed by atoms with E-state index in [-0.39, 0.29) is 6.29 Å². The molecular weight excluding hydrogens is 397 g/mol. The lowest BCUT2D eigenvalue weighted by atomic mass is 10.1. The molecule has 3 rings (SSSR count). The van der Waals surface area contributed by atoms with Gasteiger partial charge in [0.15, 0.2) is 0 Å². The second-order valence-electron chi connectivity index (χ2n) is 7.33. The number of hydrogen-bond acceptors (Lipinski definition) is 6. The van der Waals surface area contributed by atoms with E-state index in [9.17, 15) is 0 Å². The van der Waals surface area contributed by atoms with Gasteiger partial charge in [0.1, 0.15) is 5.82 Å². The molecule has 0 saturated carbocycles. The number of quaternary nitrogens is 1. The molecule has 7 nitrogen and oxygen atoms in total. The van der Waals surface area contributed by atoms with Crippen molar-refractivity contribution in [3.8, 4) is 0 Å². The first kappa shape index (κ1) is 21.2. The van der Waals surface area contributed by atoms with Crippen LogP contribution in [0.25, 0.3) is 0 Å². The molecule has 0 amide bonds. The Kier molecular flexibility index (Phi) is 7.40. The lowest BCUT2D eigenvalue weighted by Gasteiger charge is -2.31. The third-order valence-electron chi connectivity index (χ3n) is 5.08. The van der Waals surface area contributed by atoms with Crippen molar-refractivity contribution in [2.24, 2.45) is 0 Å². The average molecular weight is 427 g/mol. The maximum atomic E-state index is 6.11. The van der Waals surface area contributed by atoms with Crippen LogP contribution in [0.5, 0.6) is 0 Å². The highest BCUT2D eigenvalue weighted by Gasteiger charge is 2.19. The highest BCUT2D eigenvalue weighted by molar-refractivity contribution is 6.40. The first-order chi connectivity index (χ1) is 13.4. The summed E-state index contributed by atoms with van der Waals surface area (Å²) in [5.41, 5.74) is 6.01. The van der Waals surface area contributed by atoms with E-state index in [1.165, 1.54) is 0 Å². The highest BCUT2D eigenvalue weighted by atomic mass is 35.5. The predicted octanol–water partition coefficient (Wildman–Crippen LogP) is 2.58. The molecule has 1 aliphatic heterocycles. The quantitative estimate of drug-likeness (QED) is 0.500. The van der Waals surface area contributed by atoms with Crippen molar-refractivity contribution < 1.29 is 5.73 Å². The van der Waals surface area contributed by atoms with Gasteiger partial charge in [0.25, 0.3) is 0 Å². The van der Waals surface area contributed by atoms with Crippen molar-refractivity contribution >= 4 is 35.0 Å². The molecule has 1 fully saturated rings. The number of rotatable bonds is 7. The van der Waals surface area contributed by atoms with Gasteiger partial charge in [-0.25, -0.2) is 4.98 Å². The fraction of sp³-hybridized carbons (Fsp3) is 0.579. The largest absolute Gasteiger partial charge is 0.367 e. The van der Waals surface area contributed by atoms with E-state index >= 15 is 0 Å². The predicted molar refractivity (Wildman–Crippen MR) is 115 cm³/mol. The van der Waals surface area contributed by atoms with Crippen LogP contribution in [-0.4, -0.2) is 46.8 Å². The Morgan fingerprint density at radius 1 is 1.21 bits per heavy atom. The standard InChI is InChI=1S/C19H29Cl2N7/c1-3-28-8-6-13(7-9-28)24-17-10-12(2)23-19(26-17)27-18(22)25-14-4-5-15(20)16(21)11-14/h10-11,13,18,25H,3-9,22H2,1-2H3,(H2,23,24,26,27)/p+1. The van der Waals surface area contributed by atoms with Crippen LogP contribution in [0.3, 0.4) is 0 Å². The molecule has 1 aromatic rings. The summed E-state index contributed by atoms with van der Waals surface area (Å²) in [6, 6.07) is 2.43. The van der Waals surface area contributed by atoms with E-state index in [0.29, 0.717) is 22.1 Å². The van der Waals surface area contributed by atoms with Gasteiger partial charge in [-0.05, 0) is 45.2 Å².